The predicted octanol–water partition coefficient (Wildman–Crippen LogP) is 2.57. The number of rotatable bonds is 2. The van der Waals surface area contributed by atoms with Crippen LogP contribution in [-0.4, -0.2) is 20.0 Å². The van der Waals surface area contributed by atoms with Gasteiger partial charge in [-0.2, -0.15) is 13.2 Å². The Morgan fingerprint density at radius 2 is 1.80 bits per heavy atom. The standard InChI is InChI=1S/C9H11F3O2Si/c1-15(2,3)7-5-4-6(14-7)8(13)9(10,11)12/h4-5H,1-3H3. The van der Waals surface area contributed by atoms with E-state index in [1.807, 2.05) is 19.6 Å². The van der Waals surface area contributed by atoms with E-state index in [1.165, 1.54) is 6.07 Å². The number of halogens is 3. The Hall–Kier alpha value is -1.04. The summed E-state index contributed by atoms with van der Waals surface area (Å²) < 4.78 is 41.1. The van der Waals surface area contributed by atoms with Gasteiger partial charge in [0.15, 0.2) is 5.76 Å². The lowest BCUT2D eigenvalue weighted by molar-refractivity contribution is -0.0898. The van der Waals surface area contributed by atoms with Crippen molar-refractivity contribution in [2.24, 2.45) is 0 Å². The zero-order valence-electron chi connectivity index (χ0n) is 8.61. The first-order valence-electron chi connectivity index (χ1n) is 4.34. The van der Waals surface area contributed by atoms with Gasteiger partial charge in [0, 0.05) is 0 Å². The highest BCUT2D eigenvalue weighted by molar-refractivity contribution is 6.87. The molecule has 84 valence electrons. The molecule has 0 aliphatic heterocycles. The number of carbonyl (C=O) groups excluding carboxylic acids is 1. The molecule has 0 fully saturated rings. The monoisotopic (exact) mass is 236 g/mol. The molecule has 1 heterocycles. The van der Waals surface area contributed by atoms with Gasteiger partial charge in [0.05, 0.1) is 5.38 Å². The first-order valence-corrected chi connectivity index (χ1v) is 7.84. The van der Waals surface area contributed by atoms with Gasteiger partial charge in [-0.3, -0.25) is 4.79 Å². The molecule has 0 saturated heterocycles. The van der Waals surface area contributed by atoms with E-state index < -0.39 is 25.8 Å². The van der Waals surface area contributed by atoms with E-state index in [0.717, 1.165) is 6.07 Å². The van der Waals surface area contributed by atoms with Crippen molar-refractivity contribution in [3.8, 4) is 0 Å². The lowest BCUT2D eigenvalue weighted by Crippen LogP contribution is -2.36. The quantitative estimate of drug-likeness (QED) is 0.583. The third kappa shape index (κ3) is 2.71. The van der Waals surface area contributed by atoms with Crippen LogP contribution < -0.4 is 5.38 Å². The van der Waals surface area contributed by atoms with Crippen LogP contribution in [0.25, 0.3) is 0 Å². The van der Waals surface area contributed by atoms with Crippen molar-refractivity contribution in [1.29, 1.82) is 0 Å². The van der Waals surface area contributed by atoms with Crippen LogP contribution in [-0.2, 0) is 0 Å². The van der Waals surface area contributed by atoms with Crippen LogP contribution in [0.4, 0.5) is 13.2 Å². The molecule has 0 bridgehead atoms. The highest BCUT2D eigenvalue weighted by atomic mass is 28.3. The van der Waals surface area contributed by atoms with Crippen molar-refractivity contribution in [3.05, 3.63) is 17.9 Å². The maximum absolute atomic E-state index is 12.0. The maximum Gasteiger partial charge on any atom is 0.458 e. The van der Waals surface area contributed by atoms with Gasteiger partial charge in [0.1, 0.15) is 8.07 Å². The molecule has 0 amide bonds. The number of furan rings is 1. The molecule has 0 unspecified atom stereocenters. The smallest absolute Gasteiger partial charge is 0.458 e. The summed E-state index contributed by atoms with van der Waals surface area (Å²) >= 11 is 0. The number of ketones is 1. The number of hydrogen-bond acceptors (Lipinski definition) is 2. The first-order chi connectivity index (χ1) is 6.62. The van der Waals surface area contributed by atoms with E-state index >= 15 is 0 Å². The zero-order valence-corrected chi connectivity index (χ0v) is 9.61. The Bertz CT molecular complexity index is 373. The molecule has 0 aliphatic rings. The van der Waals surface area contributed by atoms with Crippen molar-refractivity contribution in [2.75, 3.05) is 0 Å². The average Bonchev–Trinajstić information content (AvgIpc) is 2.47. The largest absolute Gasteiger partial charge is 0.463 e. The van der Waals surface area contributed by atoms with Gasteiger partial charge in [-0.05, 0) is 12.1 Å². The van der Waals surface area contributed by atoms with Crippen LogP contribution in [0.2, 0.25) is 19.6 Å². The topological polar surface area (TPSA) is 30.2 Å². The molecule has 1 aromatic heterocycles. The molecular weight excluding hydrogens is 225 g/mol. The van der Waals surface area contributed by atoms with Crippen molar-refractivity contribution < 1.29 is 22.4 Å². The summed E-state index contributed by atoms with van der Waals surface area (Å²) in [6.07, 6.45) is -4.87. The van der Waals surface area contributed by atoms with Crippen molar-refractivity contribution in [2.45, 2.75) is 25.8 Å². The predicted molar refractivity (Wildman–Crippen MR) is 52.1 cm³/mol. The van der Waals surface area contributed by atoms with Gasteiger partial charge < -0.3 is 4.42 Å². The Morgan fingerprint density at radius 3 is 2.13 bits per heavy atom. The molecule has 0 radical (unpaired) electrons. The fourth-order valence-electron chi connectivity index (χ4n) is 1.00. The van der Waals surface area contributed by atoms with Crippen molar-refractivity contribution in [3.63, 3.8) is 0 Å². The minimum Gasteiger partial charge on any atom is -0.463 e. The molecule has 2 nitrogen and oxygen atoms in total. The third-order valence-corrected chi connectivity index (χ3v) is 3.57. The van der Waals surface area contributed by atoms with Crippen LogP contribution in [0.15, 0.2) is 16.5 Å². The summed E-state index contributed by atoms with van der Waals surface area (Å²) in [4.78, 5) is 10.8. The van der Waals surface area contributed by atoms with Gasteiger partial charge in [0.25, 0.3) is 0 Å². The molecule has 1 rings (SSSR count). The molecule has 15 heavy (non-hydrogen) atoms. The molecule has 0 saturated carbocycles. The van der Waals surface area contributed by atoms with E-state index in [-0.39, 0.29) is 0 Å². The van der Waals surface area contributed by atoms with E-state index in [2.05, 4.69) is 0 Å². The molecule has 1 aromatic rings. The van der Waals surface area contributed by atoms with Crippen LogP contribution in [0.1, 0.15) is 10.6 Å². The normalized spacial score (nSPS) is 12.9. The summed E-state index contributed by atoms with van der Waals surface area (Å²) in [6.45, 7) is 5.77. The second-order valence-corrected chi connectivity index (χ2v) is 9.23. The van der Waals surface area contributed by atoms with E-state index in [1.54, 1.807) is 0 Å². The average molecular weight is 236 g/mol. The number of carbonyl (C=O) groups is 1. The van der Waals surface area contributed by atoms with Gasteiger partial charge in [-0.1, -0.05) is 19.6 Å². The SMILES string of the molecule is C[Si](C)(C)c1ccc(C(=O)C(F)(F)F)o1. The number of hydrogen-bond donors (Lipinski definition) is 0. The molecule has 0 spiro atoms. The Kier molecular flexibility index (Phi) is 2.82. The summed E-state index contributed by atoms with van der Waals surface area (Å²) in [7, 11) is -1.80. The molecule has 0 aliphatic carbocycles. The fraction of sp³-hybridized carbons (Fsp3) is 0.444. The van der Waals surface area contributed by atoms with Crippen LogP contribution in [0.3, 0.4) is 0 Å². The van der Waals surface area contributed by atoms with Crippen molar-refractivity contribution in [1.82, 2.24) is 0 Å². The van der Waals surface area contributed by atoms with Crippen molar-refractivity contribution >= 4 is 19.2 Å². The lowest BCUT2D eigenvalue weighted by Gasteiger charge is -2.11. The van der Waals surface area contributed by atoms with Gasteiger partial charge in [-0.15, -0.1) is 0 Å². The maximum atomic E-state index is 12.0. The Labute approximate surface area is 86.1 Å². The second-order valence-electron chi connectivity index (χ2n) is 4.24. The number of Topliss-reactive ketones (excluding diaryl/α,β-unsaturated/α-hetero) is 1. The van der Waals surface area contributed by atoms with E-state index in [0.29, 0.717) is 5.38 Å². The van der Waals surface area contributed by atoms with E-state index in [9.17, 15) is 18.0 Å². The van der Waals surface area contributed by atoms with Crippen LogP contribution in [0, 0.1) is 0 Å². The first kappa shape index (κ1) is 12.0. The minimum atomic E-state index is -4.87. The van der Waals surface area contributed by atoms with Gasteiger partial charge in [0.2, 0.25) is 0 Å². The van der Waals surface area contributed by atoms with Gasteiger partial charge in [-0.25, -0.2) is 0 Å². The molecule has 6 heteroatoms. The fourth-order valence-corrected chi connectivity index (χ4v) is 2.00. The second kappa shape index (κ2) is 3.51. The van der Waals surface area contributed by atoms with E-state index in [4.69, 9.17) is 4.42 Å². The van der Waals surface area contributed by atoms with Gasteiger partial charge >= 0.3 is 12.0 Å². The summed E-state index contributed by atoms with van der Waals surface area (Å²) in [5, 5.41) is 0.495. The summed E-state index contributed by atoms with van der Waals surface area (Å²) in [5.41, 5.74) is 0. The zero-order chi connectivity index (χ0) is 11.9. The highest BCUT2D eigenvalue weighted by Crippen LogP contribution is 2.21. The van der Waals surface area contributed by atoms with Crippen LogP contribution >= 0.6 is 0 Å². The number of alkyl halides is 3. The Balaban J connectivity index is 3.01. The Morgan fingerprint density at radius 1 is 1.27 bits per heavy atom. The van der Waals surface area contributed by atoms with Crippen LogP contribution in [0.5, 0.6) is 0 Å². The molecule has 0 N–H and O–H groups in total. The minimum absolute atomic E-state index is 0.495. The summed E-state index contributed by atoms with van der Waals surface area (Å²) in [6, 6.07) is 2.54. The molecule has 0 atom stereocenters. The third-order valence-electron chi connectivity index (χ3n) is 1.83. The summed E-state index contributed by atoms with van der Waals surface area (Å²) in [5.74, 6) is -2.55. The molecular formula is C9H11F3O2Si. The lowest BCUT2D eigenvalue weighted by atomic mass is 10.3. The highest BCUT2D eigenvalue weighted by Gasteiger charge is 2.41. The molecule has 0 aromatic carbocycles.